The summed E-state index contributed by atoms with van der Waals surface area (Å²) in [5, 5.41) is 0. The molecular weight excluding hydrogens is 310 g/mol. The number of fused-ring (bicyclic) bond motifs is 1. The number of nitrogens with zero attached hydrogens (tertiary/aromatic N) is 1. The van der Waals surface area contributed by atoms with Crippen LogP contribution in [0.2, 0.25) is 0 Å². The molecule has 0 bridgehead atoms. The first-order valence-electron chi connectivity index (χ1n) is 7.07. The number of likely N-dealkylation sites (N-methyl/N-ethyl adjacent to an activating group) is 1. The summed E-state index contributed by atoms with van der Waals surface area (Å²) in [4.78, 5) is 27.3. The molecule has 0 fully saturated rings. The SMILES string of the molecule is CN(C1=C(S(C)=O)C(=O)c2ccccc2C1=O)c1ccccc1. The van der Waals surface area contributed by atoms with Gasteiger partial charge in [0.1, 0.15) is 10.6 Å². The van der Waals surface area contributed by atoms with Crippen molar-refractivity contribution in [3.63, 3.8) is 0 Å². The quantitative estimate of drug-likeness (QED) is 0.871. The molecule has 1 aliphatic rings. The molecule has 0 aromatic heterocycles. The van der Waals surface area contributed by atoms with E-state index in [9.17, 15) is 13.8 Å². The highest BCUT2D eigenvalue weighted by Gasteiger charge is 2.36. The van der Waals surface area contributed by atoms with Crippen LogP contribution < -0.4 is 4.90 Å². The minimum absolute atomic E-state index is 0.0556. The molecular formula is C18H15NO3S. The second-order valence-electron chi connectivity index (χ2n) is 5.23. The molecule has 1 aliphatic carbocycles. The normalized spacial score (nSPS) is 15.4. The average Bonchev–Trinajstić information content (AvgIpc) is 2.57. The maximum absolute atomic E-state index is 12.9. The second-order valence-corrected chi connectivity index (χ2v) is 6.55. The molecule has 2 aromatic rings. The molecule has 0 heterocycles. The van der Waals surface area contributed by atoms with Crippen LogP contribution in [0.25, 0.3) is 0 Å². The van der Waals surface area contributed by atoms with Crippen molar-refractivity contribution in [3.8, 4) is 0 Å². The molecule has 0 saturated carbocycles. The smallest absolute Gasteiger partial charge is 0.211 e. The molecule has 3 rings (SSSR count). The molecule has 1 atom stereocenters. The Morgan fingerprint density at radius 1 is 0.826 bits per heavy atom. The lowest BCUT2D eigenvalue weighted by Crippen LogP contribution is -2.33. The van der Waals surface area contributed by atoms with Gasteiger partial charge in [-0.15, -0.1) is 0 Å². The summed E-state index contributed by atoms with van der Waals surface area (Å²) in [5.41, 5.74) is 1.60. The summed E-state index contributed by atoms with van der Waals surface area (Å²) >= 11 is 0. The first-order valence-corrected chi connectivity index (χ1v) is 8.63. The van der Waals surface area contributed by atoms with Crippen LogP contribution in [0.5, 0.6) is 0 Å². The summed E-state index contributed by atoms with van der Waals surface area (Å²) in [7, 11) is 0.138. The van der Waals surface area contributed by atoms with Crippen LogP contribution in [0, 0.1) is 0 Å². The lowest BCUT2D eigenvalue weighted by Gasteiger charge is -2.27. The van der Waals surface area contributed by atoms with Gasteiger partial charge in [-0.1, -0.05) is 42.5 Å². The van der Waals surface area contributed by atoms with Crippen molar-refractivity contribution >= 4 is 28.1 Å². The van der Waals surface area contributed by atoms with Gasteiger partial charge in [0.25, 0.3) is 0 Å². The van der Waals surface area contributed by atoms with Crippen molar-refractivity contribution in [1.82, 2.24) is 0 Å². The van der Waals surface area contributed by atoms with Crippen LogP contribution >= 0.6 is 0 Å². The van der Waals surface area contributed by atoms with E-state index in [-0.39, 0.29) is 22.2 Å². The van der Waals surface area contributed by atoms with Gasteiger partial charge in [0.15, 0.2) is 0 Å². The van der Waals surface area contributed by atoms with E-state index in [1.54, 1.807) is 36.2 Å². The Morgan fingerprint density at radius 3 is 1.91 bits per heavy atom. The molecule has 0 aliphatic heterocycles. The van der Waals surface area contributed by atoms with Crippen molar-refractivity contribution in [2.24, 2.45) is 0 Å². The number of allylic oxidation sites excluding steroid dienone is 2. The van der Waals surface area contributed by atoms with Gasteiger partial charge in [0.2, 0.25) is 11.6 Å². The number of carbonyl (C=O) groups is 2. The Labute approximate surface area is 136 Å². The third kappa shape index (κ3) is 2.53. The summed E-state index contributed by atoms with van der Waals surface area (Å²) < 4.78 is 12.2. The summed E-state index contributed by atoms with van der Waals surface area (Å²) in [6.07, 6.45) is 1.42. The number of anilines is 1. The van der Waals surface area contributed by atoms with E-state index in [0.717, 1.165) is 5.69 Å². The zero-order chi connectivity index (χ0) is 16.6. The van der Waals surface area contributed by atoms with Crippen LogP contribution in [0.4, 0.5) is 5.69 Å². The third-order valence-electron chi connectivity index (χ3n) is 3.82. The van der Waals surface area contributed by atoms with Gasteiger partial charge < -0.3 is 4.90 Å². The molecule has 4 nitrogen and oxygen atoms in total. The zero-order valence-corrected chi connectivity index (χ0v) is 13.6. The largest absolute Gasteiger partial charge is 0.340 e. The summed E-state index contributed by atoms with van der Waals surface area (Å²) in [6, 6.07) is 15.9. The molecule has 0 N–H and O–H groups in total. The van der Waals surface area contributed by atoms with Gasteiger partial charge in [0.05, 0.1) is 10.8 Å². The Hall–Kier alpha value is -2.53. The molecule has 1 unspecified atom stereocenters. The van der Waals surface area contributed by atoms with Gasteiger partial charge in [-0.05, 0) is 12.1 Å². The number of hydrogen-bond acceptors (Lipinski definition) is 4. The number of hydrogen-bond donors (Lipinski definition) is 0. The van der Waals surface area contributed by atoms with E-state index in [4.69, 9.17) is 0 Å². The van der Waals surface area contributed by atoms with Crippen molar-refractivity contribution in [1.29, 1.82) is 0 Å². The molecule has 0 amide bonds. The number of Topliss-reactive ketones (excluding diaryl/α,β-unsaturated/α-hetero) is 2. The monoisotopic (exact) mass is 325 g/mol. The van der Waals surface area contributed by atoms with E-state index in [0.29, 0.717) is 11.1 Å². The van der Waals surface area contributed by atoms with Gasteiger partial charge in [-0.25, -0.2) is 0 Å². The second kappa shape index (κ2) is 5.93. The number of ketones is 2. The maximum atomic E-state index is 12.9. The Balaban J connectivity index is 2.23. The highest BCUT2D eigenvalue weighted by molar-refractivity contribution is 7.89. The fourth-order valence-electron chi connectivity index (χ4n) is 2.69. The number of rotatable bonds is 3. The fourth-order valence-corrected chi connectivity index (χ4v) is 3.56. The van der Waals surface area contributed by atoms with Gasteiger partial charge in [-0.3, -0.25) is 13.8 Å². The molecule has 0 radical (unpaired) electrons. The first kappa shape index (κ1) is 15.4. The number of carbonyl (C=O) groups excluding carboxylic acids is 2. The standard InChI is InChI=1S/C18H15NO3S/c1-19(12-8-4-3-5-9-12)15-16(20)13-10-6-7-11-14(13)17(21)18(15)23(2)22/h3-11H,1-2H3. The van der Waals surface area contributed by atoms with E-state index in [1.165, 1.54) is 6.26 Å². The predicted molar refractivity (Wildman–Crippen MR) is 91.0 cm³/mol. The van der Waals surface area contributed by atoms with E-state index in [2.05, 4.69) is 0 Å². The first-order chi connectivity index (χ1) is 11.0. The summed E-state index contributed by atoms with van der Waals surface area (Å²) in [6.45, 7) is 0. The molecule has 5 heteroatoms. The average molecular weight is 325 g/mol. The zero-order valence-electron chi connectivity index (χ0n) is 12.8. The number of benzene rings is 2. The minimum atomic E-state index is -1.57. The van der Waals surface area contributed by atoms with Crippen LogP contribution in [0.1, 0.15) is 20.7 Å². The lowest BCUT2D eigenvalue weighted by molar-refractivity contribution is 0.0979. The Bertz CT molecular complexity index is 856. The van der Waals surface area contributed by atoms with Crippen LogP contribution in [0.15, 0.2) is 65.2 Å². The van der Waals surface area contributed by atoms with E-state index >= 15 is 0 Å². The topological polar surface area (TPSA) is 54.5 Å². The van der Waals surface area contributed by atoms with Crippen molar-refractivity contribution < 1.29 is 13.8 Å². The molecule has 0 saturated heterocycles. The highest BCUT2D eigenvalue weighted by Crippen LogP contribution is 2.31. The highest BCUT2D eigenvalue weighted by atomic mass is 32.2. The van der Waals surface area contributed by atoms with Crippen molar-refractivity contribution in [2.75, 3.05) is 18.2 Å². The van der Waals surface area contributed by atoms with Crippen molar-refractivity contribution in [2.45, 2.75) is 0 Å². The molecule has 23 heavy (non-hydrogen) atoms. The maximum Gasteiger partial charge on any atom is 0.211 e. The molecule has 0 spiro atoms. The van der Waals surface area contributed by atoms with Gasteiger partial charge >= 0.3 is 0 Å². The van der Waals surface area contributed by atoms with E-state index in [1.807, 2.05) is 30.3 Å². The molecule has 116 valence electrons. The van der Waals surface area contributed by atoms with Crippen LogP contribution in [0.3, 0.4) is 0 Å². The third-order valence-corrected chi connectivity index (χ3v) is 4.77. The van der Waals surface area contributed by atoms with Crippen LogP contribution in [-0.4, -0.2) is 29.1 Å². The van der Waals surface area contributed by atoms with Crippen LogP contribution in [-0.2, 0) is 10.8 Å². The van der Waals surface area contributed by atoms with Gasteiger partial charge in [0, 0.05) is 30.1 Å². The predicted octanol–water partition coefficient (Wildman–Crippen LogP) is 2.79. The number of para-hydroxylation sites is 1. The Kier molecular flexibility index (Phi) is 3.96. The fraction of sp³-hybridized carbons (Fsp3) is 0.111. The lowest BCUT2D eigenvalue weighted by atomic mass is 9.92. The summed E-state index contributed by atoms with van der Waals surface area (Å²) in [5.74, 6) is -0.629. The molecule has 2 aromatic carbocycles. The minimum Gasteiger partial charge on any atom is -0.340 e. The van der Waals surface area contributed by atoms with E-state index < -0.39 is 10.8 Å². The Morgan fingerprint density at radius 2 is 1.35 bits per heavy atom. The van der Waals surface area contributed by atoms with Crippen molar-refractivity contribution in [3.05, 3.63) is 76.3 Å². The van der Waals surface area contributed by atoms with Gasteiger partial charge in [-0.2, -0.15) is 0 Å².